The minimum Gasteiger partial charge on any atom is -0.198 e. The molecule has 0 fully saturated rings. The largest absolute Gasteiger partial charge is 0.198 e. The predicted octanol–water partition coefficient (Wildman–Crippen LogP) is 3.44. The fourth-order valence-electron chi connectivity index (χ4n) is 2.01. The lowest BCUT2D eigenvalue weighted by Gasteiger charge is -2.12. The molecule has 0 saturated heterocycles. The molecule has 0 aliphatic carbocycles. The highest BCUT2D eigenvalue weighted by atomic mass is 14.2. The Labute approximate surface area is 92.7 Å². The fourth-order valence-corrected chi connectivity index (χ4v) is 2.01. The van der Waals surface area contributed by atoms with Crippen LogP contribution in [0.1, 0.15) is 43.0 Å². The first-order valence-corrected chi connectivity index (χ1v) is 5.77. The lowest BCUT2D eigenvalue weighted by molar-refractivity contribution is 0.991. The van der Waals surface area contributed by atoms with Gasteiger partial charge < -0.3 is 0 Å². The Kier molecular flexibility index (Phi) is 4.37. The molecule has 0 N–H and O–H groups in total. The quantitative estimate of drug-likeness (QED) is 0.732. The van der Waals surface area contributed by atoms with Crippen LogP contribution in [0.4, 0.5) is 0 Å². The van der Waals surface area contributed by atoms with Crippen LogP contribution in [0.15, 0.2) is 12.1 Å². The van der Waals surface area contributed by atoms with Gasteiger partial charge in [-0.1, -0.05) is 32.9 Å². The Bertz CT molecular complexity index is 346. The maximum atomic E-state index is 8.84. The summed E-state index contributed by atoms with van der Waals surface area (Å²) in [4.78, 5) is 0. The number of nitrogens with zero attached hydrogens (tertiary/aromatic N) is 1. The molecule has 1 aromatic carbocycles. The third kappa shape index (κ3) is 2.59. The van der Waals surface area contributed by atoms with Crippen LogP contribution >= 0.6 is 0 Å². The molecule has 1 rings (SSSR count). The second-order valence-corrected chi connectivity index (χ2v) is 3.79. The standard InChI is InChI=1S/C14H19N/c1-4-11-9-12(5-2)14(7-8-15)13(6-3)10-11/h9-10H,4-7H2,1-3H3. The van der Waals surface area contributed by atoms with Gasteiger partial charge in [0.15, 0.2) is 0 Å². The van der Waals surface area contributed by atoms with Gasteiger partial charge in [-0.05, 0) is 41.5 Å². The molecule has 0 aromatic heterocycles. The zero-order chi connectivity index (χ0) is 11.3. The molecular formula is C14H19N. The topological polar surface area (TPSA) is 23.8 Å². The van der Waals surface area contributed by atoms with Crippen molar-refractivity contribution in [2.24, 2.45) is 0 Å². The molecule has 0 spiro atoms. The van der Waals surface area contributed by atoms with Crippen molar-refractivity contribution >= 4 is 0 Å². The summed E-state index contributed by atoms with van der Waals surface area (Å²) in [6, 6.07) is 6.78. The number of rotatable bonds is 4. The minimum atomic E-state index is 0.552. The van der Waals surface area contributed by atoms with Gasteiger partial charge in [-0.25, -0.2) is 0 Å². The average Bonchev–Trinajstić information content (AvgIpc) is 2.29. The molecule has 0 aliphatic heterocycles. The van der Waals surface area contributed by atoms with E-state index in [1.165, 1.54) is 22.3 Å². The highest BCUT2D eigenvalue weighted by Gasteiger charge is 2.07. The molecule has 0 bridgehead atoms. The van der Waals surface area contributed by atoms with Crippen LogP contribution in [0, 0.1) is 11.3 Å². The van der Waals surface area contributed by atoms with E-state index < -0.39 is 0 Å². The summed E-state index contributed by atoms with van der Waals surface area (Å²) in [5.74, 6) is 0. The van der Waals surface area contributed by atoms with Gasteiger partial charge in [-0.2, -0.15) is 5.26 Å². The van der Waals surface area contributed by atoms with Gasteiger partial charge in [0.1, 0.15) is 0 Å². The van der Waals surface area contributed by atoms with E-state index in [4.69, 9.17) is 5.26 Å². The maximum absolute atomic E-state index is 8.84. The average molecular weight is 201 g/mol. The summed E-state index contributed by atoms with van der Waals surface area (Å²) >= 11 is 0. The molecule has 0 amide bonds. The second-order valence-electron chi connectivity index (χ2n) is 3.79. The zero-order valence-corrected chi connectivity index (χ0v) is 9.93. The first-order chi connectivity index (χ1) is 7.26. The Morgan fingerprint density at radius 3 is 1.87 bits per heavy atom. The number of hydrogen-bond acceptors (Lipinski definition) is 1. The molecule has 15 heavy (non-hydrogen) atoms. The van der Waals surface area contributed by atoms with Crippen LogP contribution in [0.25, 0.3) is 0 Å². The number of benzene rings is 1. The summed E-state index contributed by atoms with van der Waals surface area (Å²) in [5.41, 5.74) is 5.37. The molecule has 1 nitrogen and oxygen atoms in total. The van der Waals surface area contributed by atoms with Gasteiger partial charge in [0.2, 0.25) is 0 Å². The molecule has 0 radical (unpaired) electrons. The Hall–Kier alpha value is -1.29. The highest BCUT2D eigenvalue weighted by molar-refractivity contribution is 5.41. The third-order valence-electron chi connectivity index (χ3n) is 2.92. The van der Waals surface area contributed by atoms with Crippen molar-refractivity contribution in [1.82, 2.24) is 0 Å². The zero-order valence-electron chi connectivity index (χ0n) is 9.93. The minimum absolute atomic E-state index is 0.552. The maximum Gasteiger partial charge on any atom is 0.0669 e. The van der Waals surface area contributed by atoms with E-state index >= 15 is 0 Å². The molecule has 0 saturated carbocycles. The summed E-state index contributed by atoms with van der Waals surface area (Å²) < 4.78 is 0. The lowest BCUT2D eigenvalue weighted by Crippen LogP contribution is -2.00. The van der Waals surface area contributed by atoms with Crippen LogP contribution in [-0.4, -0.2) is 0 Å². The first kappa shape index (κ1) is 11.8. The fraction of sp³-hybridized carbons (Fsp3) is 0.500. The van der Waals surface area contributed by atoms with E-state index in [2.05, 4.69) is 39.0 Å². The van der Waals surface area contributed by atoms with Crippen molar-refractivity contribution in [2.75, 3.05) is 0 Å². The van der Waals surface area contributed by atoms with Gasteiger partial charge >= 0.3 is 0 Å². The van der Waals surface area contributed by atoms with Crippen molar-refractivity contribution < 1.29 is 0 Å². The lowest BCUT2D eigenvalue weighted by atomic mass is 9.92. The SMILES string of the molecule is CCc1cc(CC)c(CC#N)c(CC)c1. The van der Waals surface area contributed by atoms with Gasteiger partial charge in [-0.3, -0.25) is 0 Å². The van der Waals surface area contributed by atoms with Crippen LogP contribution in [0.5, 0.6) is 0 Å². The van der Waals surface area contributed by atoms with Gasteiger partial charge in [-0.15, -0.1) is 0 Å². The molecule has 80 valence electrons. The van der Waals surface area contributed by atoms with Crippen molar-refractivity contribution in [1.29, 1.82) is 5.26 Å². The Morgan fingerprint density at radius 2 is 1.53 bits per heavy atom. The predicted molar refractivity (Wildman–Crippen MR) is 63.9 cm³/mol. The molecule has 0 heterocycles. The third-order valence-corrected chi connectivity index (χ3v) is 2.92. The summed E-state index contributed by atoms with van der Waals surface area (Å²) in [7, 11) is 0. The van der Waals surface area contributed by atoms with Gasteiger partial charge in [0.05, 0.1) is 12.5 Å². The van der Waals surface area contributed by atoms with E-state index in [0.29, 0.717) is 6.42 Å². The van der Waals surface area contributed by atoms with E-state index in [-0.39, 0.29) is 0 Å². The second kappa shape index (κ2) is 5.56. The molecular weight excluding hydrogens is 182 g/mol. The molecule has 1 aromatic rings. The van der Waals surface area contributed by atoms with E-state index in [1.54, 1.807) is 0 Å². The van der Waals surface area contributed by atoms with E-state index in [1.807, 2.05) is 0 Å². The normalized spacial score (nSPS) is 10.0. The van der Waals surface area contributed by atoms with E-state index in [0.717, 1.165) is 19.3 Å². The number of aryl methyl sites for hydroxylation is 3. The van der Waals surface area contributed by atoms with Gasteiger partial charge in [0, 0.05) is 0 Å². The molecule has 0 unspecified atom stereocenters. The van der Waals surface area contributed by atoms with Crippen molar-refractivity contribution in [3.05, 3.63) is 34.4 Å². The van der Waals surface area contributed by atoms with Crippen LogP contribution in [0.2, 0.25) is 0 Å². The Balaban J connectivity index is 3.27. The van der Waals surface area contributed by atoms with Crippen molar-refractivity contribution in [2.45, 2.75) is 46.5 Å². The number of nitriles is 1. The monoisotopic (exact) mass is 201 g/mol. The smallest absolute Gasteiger partial charge is 0.0669 e. The molecule has 1 heteroatoms. The van der Waals surface area contributed by atoms with Gasteiger partial charge in [0.25, 0.3) is 0 Å². The number of hydrogen-bond donors (Lipinski definition) is 0. The summed E-state index contributed by atoms with van der Waals surface area (Å²) in [5, 5.41) is 8.84. The van der Waals surface area contributed by atoms with Crippen LogP contribution in [0.3, 0.4) is 0 Å². The first-order valence-electron chi connectivity index (χ1n) is 5.77. The van der Waals surface area contributed by atoms with Crippen LogP contribution < -0.4 is 0 Å². The van der Waals surface area contributed by atoms with Crippen molar-refractivity contribution in [3.63, 3.8) is 0 Å². The molecule has 0 aliphatic rings. The van der Waals surface area contributed by atoms with Crippen LogP contribution in [-0.2, 0) is 25.7 Å². The Morgan fingerprint density at radius 1 is 1.00 bits per heavy atom. The van der Waals surface area contributed by atoms with Crippen molar-refractivity contribution in [3.8, 4) is 6.07 Å². The van der Waals surface area contributed by atoms with E-state index in [9.17, 15) is 0 Å². The molecule has 0 atom stereocenters. The highest BCUT2D eigenvalue weighted by Crippen LogP contribution is 2.20. The summed E-state index contributed by atoms with van der Waals surface area (Å²) in [6.45, 7) is 6.50. The summed E-state index contributed by atoms with van der Waals surface area (Å²) in [6.07, 6.45) is 3.68.